The largest absolute Gasteiger partial charge is 0.359 e. The van der Waals surface area contributed by atoms with Gasteiger partial charge in [0.15, 0.2) is 0 Å². The molecule has 60 valence electrons. The summed E-state index contributed by atoms with van der Waals surface area (Å²) in [6, 6.07) is 1.75. The summed E-state index contributed by atoms with van der Waals surface area (Å²) in [5.74, 6) is 0. The number of fused-ring (bicyclic) bond motifs is 1. The van der Waals surface area contributed by atoms with Gasteiger partial charge in [0.25, 0.3) is 5.24 Å². The van der Waals surface area contributed by atoms with Crippen molar-refractivity contribution < 1.29 is 4.79 Å². The number of carbonyl (C=O) groups is 1. The molecule has 0 amide bonds. The molecule has 0 saturated carbocycles. The summed E-state index contributed by atoms with van der Waals surface area (Å²) in [4.78, 5) is 17.6. The van der Waals surface area contributed by atoms with E-state index in [1.54, 1.807) is 24.7 Å². The van der Waals surface area contributed by atoms with Crippen LogP contribution in [0.15, 0.2) is 24.7 Å². The second-order valence-corrected chi connectivity index (χ2v) is 2.74. The Hall–Kier alpha value is -1.35. The first-order valence-corrected chi connectivity index (χ1v) is 3.78. The minimum atomic E-state index is -0.451. The maximum atomic E-state index is 10.8. The quantitative estimate of drug-likeness (QED) is 0.682. The van der Waals surface area contributed by atoms with Crippen molar-refractivity contribution in [1.29, 1.82) is 0 Å². The normalized spacial score (nSPS) is 10.4. The Balaban J connectivity index is 2.79. The lowest BCUT2D eigenvalue weighted by Gasteiger charge is -1.88. The zero-order valence-electron chi connectivity index (χ0n) is 6.04. The van der Waals surface area contributed by atoms with Crippen LogP contribution in [-0.2, 0) is 0 Å². The summed E-state index contributed by atoms with van der Waals surface area (Å²) in [6.07, 6.45) is 4.86. The molecule has 0 radical (unpaired) electrons. The number of nitrogens with zero attached hydrogens (tertiary/aromatic N) is 1. The molecule has 2 aromatic rings. The van der Waals surface area contributed by atoms with Crippen LogP contribution in [-0.4, -0.2) is 15.2 Å². The molecule has 0 bridgehead atoms. The number of rotatable bonds is 1. The molecule has 3 nitrogen and oxygen atoms in total. The van der Waals surface area contributed by atoms with Crippen LogP contribution in [0.5, 0.6) is 0 Å². The van der Waals surface area contributed by atoms with Crippen molar-refractivity contribution in [3.63, 3.8) is 0 Å². The first-order chi connectivity index (χ1) is 5.79. The topological polar surface area (TPSA) is 45.8 Å². The molecular weight excluding hydrogens is 176 g/mol. The van der Waals surface area contributed by atoms with Crippen LogP contribution >= 0.6 is 11.6 Å². The number of halogens is 1. The highest BCUT2D eigenvalue weighted by atomic mass is 35.5. The van der Waals surface area contributed by atoms with Gasteiger partial charge in [0.1, 0.15) is 0 Å². The molecule has 2 rings (SSSR count). The maximum Gasteiger partial charge on any atom is 0.254 e. The van der Waals surface area contributed by atoms with Gasteiger partial charge in [-0.15, -0.1) is 0 Å². The first kappa shape index (κ1) is 7.31. The number of nitrogens with one attached hydrogen (secondary N) is 1. The van der Waals surface area contributed by atoms with Crippen molar-refractivity contribution in [2.75, 3.05) is 0 Å². The number of H-pyrrole nitrogens is 1. The predicted molar refractivity (Wildman–Crippen MR) is 46.3 cm³/mol. The van der Waals surface area contributed by atoms with Gasteiger partial charge < -0.3 is 4.98 Å². The van der Waals surface area contributed by atoms with Gasteiger partial charge >= 0.3 is 0 Å². The van der Waals surface area contributed by atoms with E-state index in [1.165, 1.54) is 0 Å². The number of carbonyl (C=O) groups excluding carboxylic acids is 1. The van der Waals surface area contributed by atoms with Gasteiger partial charge in [-0.05, 0) is 17.7 Å². The van der Waals surface area contributed by atoms with Crippen molar-refractivity contribution in [3.8, 4) is 0 Å². The van der Waals surface area contributed by atoms with Crippen molar-refractivity contribution in [1.82, 2.24) is 9.97 Å². The molecule has 0 atom stereocenters. The molecule has 1 N–H and O–H groups in total. The lowest BCUT2D eigenvalue weighted by atomic mass is 10.2. The number of hydrogen-bond donors (Lipinski definition) is 1. The molecule has 12 heavy (non-hydrogen) atoms. The van der Waals surface area contributed by atoms with E-state index < -0.39 is 5.24 Å². The molecule has 2 heterocycles. The molecule has 0 saturated heterocycles. The monoisotopic (exact) mass is 180 g/mol. The van der Waals surface area contributed by atoms with Gasteiger partial charge in [0, 0.05) is 17.8 Å². The molecular formula is C8H5ClN2O. The predicted octanol–water partition coefficient (Wildman–Crippen LogP) is 1.94. The summed E-state index contributed by atoms with van der Waals surface area (Å²) in [6.45, 7) is 0. The molecule has 4 heteroatoms. The Labute approximate surface area is 73.4 Å². The molecule has 2 aromatic heterocycles. The van der Waals surface area contributed by atoms with Crippen LogP contribution < -0.4 is 0 Å². The zero-order chi connectivity index (χ0) is 8.55. The van der Waals surface area contributed by atoms with Crippen LogP contribution in [0.2, 0.25) is 0 Å². The fraction of sp³-hybridized carbons (Fsp3) is 0. The Bertz CT molecular complexity index is 435. The van der Waals surface area contributed by atoms with Crippen LogP contribution in [0.4, 0.5) is 0 Å². The van der Waals surface area contributed by atoms with E-state index in [0.29, 0.717) is 5.56 Å². The number of aromatic nitrogens is 2. The highest BCUT2D eigenvalue weighted by molar-refractivity contribution is 6.68. The van der Waals surface area contributed by atoms with E-state index in [9.17, 15) is 4.79 Å². The van der Waals surface area contributed by atoms with E-state index >= 15 is 0 Å². The summed E-state index contributed by atoms with van der Waals surface area (Å²) in [7, 11) is 0. The van der Waals surface area contributed by atoms with Crippen LogP contribution in [0.3, 0.4) is 0 Å². The molecule has 0 aliphatic carbocycles. The van der Waals surface area contributed by atoms with Gasteiger partial charge in [-0.25, -0.2) is 0 Å². The third-order valence-corrected chi connectivity index (χ3v) is 1.90. The second kappa shape index (κ2) is 2.60. The van der Waals surface area contributed by atoms with E-state index in [-0.39, 0.29) is 0 Å². The Morgan fingerprint density at radius 2 is 2.42 bits per heavy atom. The highest BCUT2D eigenvalue weighted by Gasteiger charge is 2.07. The molecule has 0 aliphatic heterocycles. The number of hydrogen-bond acceptors (Lipinski definition) is 2. The van der Waals surface area contributed by atoms with Crippen molar-refractivity contribution in [3.05, 3.63) is 30.2 Å². The fourth-order valence-electron chi connectivity index (χ4n) is 1.13. The summed E-state index contributed by atoms with van der Waals surface area (Å²) >= 11 is 5.34. The molecule has 0 spiro atoms. The van der Waals surface area contributed by atoms with E-state index in [2.05, 4.69) is 9.97 Å². The SMILES string of the molecule is O=C(Cl)c1c[nH]c2cnccc12. The Kier molecular flexibility index (Phi) is 1.59. The van der Waals surface area contributed by atoms with Gasteiger partial charge in [0.05, 0.1) is 17.3 Å². The summed E-state index contributed by atoms with van der Waals surface area (Å²) in [5.41, 5.74) is 1.32. The average Bonchev–Trinajstić information content (AvgIpc) is 2.47. The third kappa shape index (κ3) is 0.987. The Morgan fingerprint density at radius 1 is 1.58 bits per heavy atom. The molecule has 0 aliphatic rings. The Morgan fingerprint density at radius 3 is 3.17 bits per heavy atom. The lowest BCUT2D eigenvalue weighted by Crippen LogP contribution is -1.84. The number of pyridine rings is 1. The first-order valence-electron chi connectivity index (χ1n) is 3.40. The van der Waals surface area contributed by atoms with E-state index in [4.69, 9.17) is 11.6 Å². The van der Waals surface area contributed by atoms with Gasteiger partial charge in [0.2, 0.25) is 0 Å². The average molecular weight is 181 g/mol. The van der Waals surface area contributed by atoms with E-state index in [0.717, 1.165) is 10.9 Å². The second-order valence-electron chi connectivity index (χ2n) is 2.40. The lowest BCUT2D eigenvalue weighted by molar-refractivity contribution is 0.108. The smallest absolute Gasteiger partial charge is 0.254 e. The fourth-order valence-corrected chi connectivity index (χ4v) is 1.29. The minimum Gasteiger partial charge on any atom is -0.359 e. The number of aromatic amines is 1. The highest BCUT2D eigenvalue weighted by Crippen LogP contribution is 2.17. The molecule has 0 aromatic carbocycles. The molecule has 0 unspecified atom stereocenters. The standard InChI is InChI=1S/C8H5ClN2O/c9-8(12)6-3-11-7-4-10-2-1-5(6)7/h1-4,11H. The zero-order valence-corrected chi connectivity index (χ0v) is 6.80. The van der Waals surface area contributed by atoms with Crippen molar-refractivity contribution in [2.45, 2.75) is 0 Å². The van der Waals surface area contributed by atoms with E-state index in [1.807, 2.05) is 0 Å². The maximum absolute atomic E-state index is 10.8. The van der Waals surface area contributed by atoms with Gasteiger partial charge in [-0.1, -0.05) is 0 Å². The van der Waals surface area contributed by atoms with Gasteiger partial charge in [-0.2, -0.15) is 0 Å². The van der Waals surface area contributed by atoms with Crippen molar-refractivity contribution >= 4 is 27.7 Å². The molecule has 0 fully saturated rings. The van der Waals surface area contributed by atoms with Gasteiger partial charge in [-0.3, -0.25) is 9.78 Å². The third-order valence-electron chi connectivity index (χ3n) is 1.70. The van der Waals surface area contributed by atoms with Crippen LogP contribution in [0.25, 0.3) is 10.9 Å². The van der Waals surface area contributed by atoms with Crippen molar-refractivity contribution in [2.24, 2.45) is 0 Å². The summed E-state index contributed by atoms with van der Waals surface area (Å²) in [5, 5.41) is 0.359. The van der Waals surface area contributed by atoms with Crippen LogP contribution in [0.1, 0.15) is 10.4 Å². The summed E-state index contributed by atoms with van der Waals surface area (Å²) < 4.78 is 0. The van der Waals surface area contributed by atoms with Crippen LogP contribution in [0, 0.1) is 0 Å². The minimum absolute atomic E-state index is 0.451.